The lowest BCUT2D eigenvalue weighted by molar-refractivity contribution is 0.0167. The number of para-hydroxylation sites is 1. The maximum atomic E-state index is 13.3. The number of rotatable bonds is 1. The van der Waals surface area contributed by atoms with E-state index in [1.165, 1.54) is 0 Å². The lowest BCUT2D eigenvalue weighted by Crippen LogP contribution is -2.46. The number of carbonyl (C=O) groups is 2. The van der Waals surface area contributed by atoms with Gasteiger partial charge in [-0.3, -0.25) is 9.69 Å². The lowest BCUT2D eigenvalue weighted by atomic mass is 10.1. The molecule has 0 unspecified atom stereocenters. The van der Waals surface area contributed by atoms with E-state index in [-0.39, 0.29) is 18.0 Å². The molecule has 6 heteroatoms. The van der Waals surface area contributed by atoms with Crippen molar-refractivity contribution in [1.82, 2.24) is 4.90 Å². The van der Waals surface area contributed by atoms with Crippen molar-refractivity contribution in [2.45, 2.75) is 45.9 Å². The molecule has 1 heterocycles. The number of amides is 2. The van der Waals surface area contributed by atoms with Crippen molar-refractivity contribution in [3.63, 3.8) is 0 Å². The number of anilines is 1. The number of carbonyl (C=O) groups excluding carboxylic acids is 2. The molecule has 1 atom stereocenters. The van der Waals surface area contributed by atoms with Gasteiger partial charge in [-0.2, -0.15) is 0 Å². The second kappa shape index (κ2) is 7.84. The highest BCUT2D eigenvalue weighted by Crippen LogP contribution is 2.30. The Balaban J connectivity index is 1.98. The smallest absolute Gasteiger partial charge is 0.410 e. The summed E-state index contributed by atoms with van der Waals surface area (Å²) in [5, 5.41) is 0.408. The van der Waals surface area contributed by atoms with Crippen molar-refractivity contribution in [2.75, 3.05) is 11.4 Å². The molecule has 0 N–H and O–H groups in total. The molecule has 1 aliphatic heterocycles. The third-order valence-corrected chi connectivity index (χ3v) is 4.91. The minimum Gasteiger partial charge on any atom is -0.444 e. The normalized spacial score (nSPS) is 17.0. The van der Waals surface area contributed by atoms with Crippen molar-refractivity contribution in [2.24, 2.45) is 0 Å². The SMILES string of the molecule is C[C@@H]1CN(C(=O)c2ccccc2Cl)c2ccccc2CN1C(=O)OC(C)(C)C. The van der Waals surface area contributed by atoms with Crippen LogP contribution in [0.25, 0.3) is 0 Å². The van der Waals surface area contributed by atoms with E-state index in [1.807, 2.05) is 52.0 Å². The topological polar surface area (TPSA) is 49.9 Å². The summed E-state index contributed by atoms with van der Waals surface area (Å²) in [7, 11) is 0. The van der Waals surface area contributed by atoms with E-state index < -0.39 is 5.60 Å². The Kier molecular flexibility index (Phi) is 5.66. The van der Waals surface area contributed by atoms with Crippen LogP contribution < -0.4 is 4.90 Å². The Morgan fingerprint density at radius 2 is 1.71 bits per heavy atom. The van der Waals surface area contributed by atoms with Crippen LogP contribution in [0, 0.1) is 0 Å². The van der Waals surface area contributed by atoms with Crippen LogP contribution in [-0.4, -0.2) is 35.1 Å². The van der Waals surface area contributed by atoms with Crippen LogP contribution in [0.15, 0.2) is 48.5 Å². The predicted molar refractivity (Wildman–Crippen MR) is 111 cm³/mol. The molecular formula is C22H25ClN2O3. The first-order chi connectivity index (χ1) is 13.2. The Morgan fingerprint density at radius 3 is 2.39 bits per heavy atom. The molecule has 1 aliphatic rings. The zero-order chi connectivity index (χ0) is 20.5. The highest BCUT2D eigenvalue weighted by atomic mass is 35.5. The number of hydrogen-bond donors (Lipinski definition) is 0. The van der Waals surface area contributed by atoms with Gasteiger partial charge in [-0.1, -0.05) is 41.9 Å². The summed E-state index contributed by atoms with van der Waals surface area (Å²) in [5.74, 6) is -0.184. The standard InChI is InChI=1S/C22H25ClN2O3/c1-15-13-25(20(26)17-10-6-7-11-18(17)23)19-12-8-5-9-16(19)14-24(15)21(27)28-22(2,3)4/h5-12,15H,13-14H2,1-4H3/t15-/m1/s1. The molecule has 2 aromatic carbocycles. The highest BCUT2D eigenvalue weighted by molar-refractivity contribution is 6.34. The van der Waals surface area contributed by atoms with Crippen LogP contribution in [0.3, 0.4) is 0 Å². The summed E-state index contributed by atoms with van der Waals surface area (Å²) >= 11 is 6.26. The Morgan fingerprint density at radius 1 is 1.07 bits per heavy atom. The van der Waals surface area contributed by atoms with Gasteiger partial charge in [-0.15, -0.1) is 0 Å². The zero-order valence-corrected chi connectivity index (χ0v) is 17.4. The molecule has 0 aromatic heterocycles. The molecular weight excluding hydrogens is 376 g/mol. The van der Waals surface area contributed by atoms with E-state index >= 15 is 0 Å². The Bertz CT molecular complexity index is 891. The predicted octanol–water partition coefficient (Wildman–Crippen LogP) is 5.13. The molecule has 148 valence electrons. The maximum Gasteiger partial charge on any atom is 0.410 e. The number of nitrogens with zero attached hydrogens (tertiary/aromatic N) is 2. The molecule has 2 aromatic rings. The largest absolute Gasteiger partial charge is 0.444 e. The fraction of sp³-hybridized carbons (Fsp3) is 0.364. The lowest BCUT2D eigenvalue weighted by Gasteiger charge is -2.31. The molecule has 0 saturated carbocycles. The second-order valence-corrected chi connectivity index (χ2v) is 8.39. The van der Waals surface area contributed by atoms with Crippen molar-refractivity contribution in [3.8, 4) is 0 Å². The molecule has 0 saturated heterocycles. The highest BCUT2D eigenvalue weighted by Gasteiger charge is 2.34. The molecule has 5 nitrogen and oxygen atoms in total. The van der Waals surface area contributed by atoms with E-state index in [9.17, 15) is 9.59 Å². The van der Waals surface area contributed by atoms with Gasteiger partial charge in [0.2, 0.25) is 0 Å². The fourth-order valence-electron chi connectivity index (χ4n) is 3.25. The van der Waals surface area contributed by atoms with Crippen LogP contribution in [0.1, 0.15) is 43.6 Å². The average Bonchev–Trinajstić information content (AvgIpc) is 2.77. The van der Waals surface area contributed by atoms with E-state index in [4.69, 9.17) is 16.3 Å². The van der Waals surface area contributed by atoms with E-state index in [0.717, 1.165) is 11.3 Å². The minimum atomic E-state index is -0.588. The summed E-state index contributed by atoms with van der Waals surface area (Å²) in [6, 6.07) is 14.4. The van der Waals surface area contributed by atoms with Crippen molar-refractivity contribution < 1.29 is 14.3 Å². The summed E-state index contributed by atoms with van der Waals surface area (Å²) in [6.45, 7) is 8.17. The van der Waals surface area contributed by atoms with Crippen molar-refractivity contribution in [3.05, 3.63) is 64.7 Å². The summed E-state index contributed by atoms with van der Waals surface area (Å²) in [5.41, 5.74) is 1.52. The van der Waals surface area contributed by atoms with Gasteiger partial charge in [-0.05, 0) is 51.5 Å². The monoisotopic (exact) mass is 400 g/mol. The Labute approximate surface area is 170 Å². The molecule has 28 heavy (non-hydrogen) atoms. The number of fused-ring (bicyclic) bond motifs is 1. The van der Waals surface area contributed by atoms with E-state index in [0.29, 0.717) is 23.7 Å². The molecule has 0 aliphatic carbocycles. The van der Waals surface area contributed by atoms with E-state index in [2.05, 4.69) is 0 Å². The first-order valence-corrected chi connectivity index (χ1v) is 9.69. The molecule has 0 radical (unpaired) electrons. The van der Waals surface area contributed by atoms with Crippen molar-refractivity contribution in [1.29, 1.82) is 0 Å². The van der Waals surface area contributed by atoms with Gasteiger partial charge in [0.15, 0.2) is 0 Å². The number of hydrogen-bond acceptors (Lipinski definition) is 3. The summed E-state index contributed by atoms with van der Waals surface area (Å²) in [6.07, 6.45) is -0.387. The van der Waals surface area contributed by atoms with Gasteiger partial charge in [-0.25, -0.2) is 4.79 Å². The quantitative estimate of drug-likeness (QED) is 0.667. The van der Waals surface area contributed by atoms with Gasteiger partial charge in [0, 0.05) is 12.2 Å². The number of halogens is 1. The first-order valence-electron chi connectivity index (χ1n) is 9.31. The molecule has 2 amide bonds. The maximum absolute atomic E-state index is 13.3. The number of benzene rings is 2. The number of ether oxygens (including phenoxy) is 1. The summed E-state index contributed by atoms with van der Waals surface area (Å²) < 4.78 is 5.58. The third kappa shape index (κ3) is 4.30. The van der Waals surface area contributed by atoms with Crippen LogP contribution in [-0.2, 0) is 11.3 Å². The van der Waals surface area contributed by atoms with Crippen LogP contribution >= 0.6 is 11.6 Å². The van der Waals surface area contributed by atoms with Crippen LogP contribution in [0.2, 0.25) is 5.02 Å². The molecule has 0 bridgehead atoms. The first kappa shape index (κ1) is 20.2. The van der Waals surface area contributed by atoms with Gasteiger partial charge >= 0.3 is 6.09 Å². The zero-order valence-electron chi connectivity index (χ0n) is 16.6. The molecule has 3 rings (SSSR count). The van der Waals surface area contributed by atoms with Crippen molar-refractivity contribution >= 4 is 29.3 Å². The molecule has 0 fully saturated rings. The fourth-order valence-corrected chi connectivity index (χ4v) is 3.46. The second-order valence-electron chi connectivity index (χ2n) is 7.98. The minimum absolute atomic E-state index is 0.184. The summed E-state index contributed by atoms with van der Waals surface area (Å²) in [4.78, 5) is 29.4. The van der Waals surface area contributed by atoms with Crippen LogP contribution in [0.5, 0.6) is 0 Å². The van der Waals surface area contributed by atoms with E-state index in [1.54, 1.807) is 34.1 Å². The van der Waals surface area contributed by atoms with Gasteiger partial charge in [0.05, 0.1) is 23.2 Å². The van der Waals surface area contributed by atoms with Gasteiger partial charge in [0.25, 0.3) is 5.91 Å². The van der Waals surface area contributed by atoms with Gasteiger partial charge in [0.1, 0.15) is 5.60 Å². The van der Waals surface area contributed by atoms with Crippen LogP contribution in [0.4, 0.5) is 10.5 Å². The average molecular weight is 401 g/mol. The third-order valence-electron chi connectivity index (χ3n) is 4.58. The Hall–Kier alpha value is -2.53. The van der Waals surface area contributed by atoms with Gasteiger partial charge < -0.3 is 9.64 Å². The molecule has 0 spiro atoms.